The third kappa shape index (κ3) is 1.33. The van der Waals surface area contributed by atoms with E-state index in [2.05, 4.69) is 20.9 Å². The standard InChI is InChI=1S/C9H10BrNO/c1-12-7-4-5-11-9(10)8(7)6-2-3-6/h4-6H,2-3H2,1H3. The number of rotatable bonds is 2. The number of nitrogens with zero attached hydrogens (tertiary/aromatic N) is 1. The molecule has 0 saturated heterocycles. The summed E-state index contributed by atoms with van der Waals surface area (Å²) in [6.45, 7) is 0. The minimum Gasteiger partial charge on any atom is -0.496 e. The Labute approximate surface area is 80.1 Å². The molecular formula is C9H10BrNO. The molecule has 0 amide bonds. The summed E-state index contributed by atoms with van der Waals surface area (Å²) in [6.07, 6.45) is 4.29. The van der Waals surface area contributed by atoms with Crippen LogP contribution in [0.15, 0.2) is 16.9 Å². The van der Waals surface area contributed by atoms with E-state index >= 15 is 0 Å². The largest absolute Gasteiger partial charge is 0.496 e. The molecule has 12 heavy (non-hydrogen) atoms. The molecule has 1 heterocycles. The number of hydrogen-bond donors (Lipinski definition) is 0. The number of halogens is 1. The molecule has 0 radical (unpaired) electrons. The second-order valence-corrected chi connectivity index (χ2v) is 3.74. The molecule has 1 aliphatic rings. The summed E-state index contributed by atoms with van der Waals surface area (Å²) < 4.78 is 6.19. The highest BCUT2D eigenvalue weighted by molar-refractivity contribution is 9.10. The summed E-state index contributed by atoms with van der Waals surface area (Å²) in [4.78, 5) is 4.19. The molecule has 1 fully saturated rings. The SMILES string of the molecule is COc1ccnc(Br)c1C1CC1. The minimum absolute atomic E-state index is 0.669. The Bertz CT molecular complexity index is 297. The van der Waals surface area contributed by atoms with Crippen molar-refractivity contribution < 1.29 is 4.74 Å². The zero-order valence-electron chi connectivity index (χ0n) is 6.88. The van der Waals surface area contributed by atoms with Gasteiger partial charge in [-0.1, -0.05) is 0 Å². The number of pyridine rings is 1. The fourth-order valence-electron chi connectivity index (χ4n) is 1.35. The van der Waals surface area contributed by atoms with Crippen LogP contribution in [-0.4, -0.2) is 12.1 Å². The van der Waals surface area contributed by atoms with Gasteiger partial charge in [-0.3, -0.25) is 0 Å². The van der Waals surface area contributed by atoms with Crippen LogP contribution in [0.4, 0.5) is 0 Å². The number of hydrogen-bond acceptors (Lipinski definition) is 2. The van der Waals surface area contributed by atoms with Crippen LogP contribution in [-0.2, 0) is 0 Å². The molecule has 1 aromatic rings. The van der Waals surface area contributed by atoms with Crippen molar-refractivity contribution in [1.29, 1.82) is 0 Å². The van der Waals surface area contributed by atoms with E-state index in [4.69, 9.17) is 4.74 Å². The third-order valence-electron chi connectivity index (χ3n) is 2.11. The first-order chi connectivity index (χ1) is 5.83. The smallest absolute Gasteiger partial charge is 0.126 e. The van der Waals surface area contributed by atoms with Gasteiger partial charge >= 0.3 is 0 Å². The Balaban J connectivity index is 2.45. The van der Waals surface area contributed by atoms with Gasteiger partial charge in [0, 0.05) is 11.8 Å². The molecule has 0 aliphatic heterocycles. The van der Waals surface area contributed by atoms with E-state index in [0.29, 0.717) is 5.92 Å². The van der Waals surface area contributed by atoms with Crippen molar-refractivity contribution in [2.75, 3.05) is 7.11 Å². The predicted octanol–water partition coefficient (Wildman–Crippen LogP) is 2.73. The third-order valence-corrected chi connectivity index (χ3v) is 2.74. The summed E-state index contributed by atoms with van der Waals surface area (Å²) in [5.74, 6) is 1.63. The van der Waals surface area contributed by atoms with Crippen LogP contribution in [0.5, 0.6) is 5.75 Å². The Morgan fingerprint density at radius 3 is 2.92 bits per heavy atom. The lowest BCUT2D eigenvalue weighted by molar-refractivity contribution is 0.408. The molecule has 3 heteroatoms. The van der Waals surface area contributed by atoms with Crippen LogP contribution in [0.1, 0.15) is 24.3 Å². The molecule has 1 aromatic heterocycles. The highest BCUT2D eigenvalue weighted by Gasteiger charge is 2.29. The Morgan fingerprint density at radius 2 is 2.33 bits per heavy atom. The predicted molar refractivity (Wildman–Crippen MR) is 50.5 cm³/mol. The van der Waals surface area contributed by atoms with Gasteiger partial charge in [0.1, 0.15) is 10.4 Å². The highest BCUT2D eigenvalue weighted by atomic mass is 79.9. The second kappa shape index (κ2) is 3.05. The molecule has 0 spiro atoms. The first-order valence-electron chi connectivity index (χ1n) is 4.01. The highest BCUT2D eigenvalue weighted by Crippen LogP contribution is 2.46. The van der Waals surface area contributed by atoms with Crippen molar-refractivity contribution in [2.45, 2.75) is 18.8 Å². The maximum Gasteiger partial charge on any atom is 0.126 e. The normalized spacial score (nSPS) is 16.2. The zero-order chi connectivity index (χ0) is 8.55. The molecule has 1 saturated carbocycles. The Morgan fingerprint density at radius 1 is 1.58 bits per heavy atom. The van der Waals surface area contributed by atoms with E-state index in [-0.39, 0.29) is 0 Å². The second-order valence-electron chi connectivity index (χ2n) is 2.99. The molecule has 64 valence electrons. The summed E-state index contributed by atoms with van der Waals surface area (Å²) in [7, 11) is 1.70. The first kappa shape index (κ1) is 8.05. The van der Waals surface area contributed by atoms with E-state index in [1.165, 1.54) is 18.4 Å². The minimum atomic E-state index is 0.669. The van der Waals surface area contributed by atoms with Gasteiger partial charge in [0.2, 0.25) is 0 Å². The molecule has 0 unspecified atom stereocenters. The lowest BCUT2D eigenvalue weighted by atomic mass is 10.2. The summed E-state index contributed by atoms with van der Waals surface area (Å²) in [6, 6.07) is 1.92. The van der Waals surface area contributed by atoms with E-state index in [1.54, 1.807) is 13.3 Å². The van der Waals surface area contributed by atoms with E-state index in [1.807, 2.05) is 6.07 Å². The average Bonchev–Trinajstić information content (AvgIpc) is 2.87. The van der Waals surface area contributed by atoms with Gasteiger partial charge in [-0.2, -0.15) is 0 Å². The van der Waals surface area contributed by atoms with Crippen LogP contribution in [0, 0.1) is 0 Å². The monoisotopic (exact) mass is 227 g/mol. The van der Waals surface area contributed by atoms with Gasteiger partial charge in [0.15, 0.2) is 0 Å². The lowest BCUT2D eigenvalue weighted by Crippen LogP contribution is -1.92. The molecule has 0 atom stereocenters. The zero-order valence-corrected chi connectivity index (χ0v) is 8.47. The summed E-state index contributed by atoms with van der Waals surface area (Å²) in [5, 5.41) is 0. The maximum atomic E-state index is 5.26. The molecular weight excluding hydrogens is 218 g/mol. The number of methoxy groups -OCH3 is 1. The van der Waals surface area contributed by atoms with Crippen molar-refractivity contribution >= 4 is 15.9 Å². The Hall–Kier alpha value is -0.570. The van der Waals surface area contributed by atoms with Crippen LogP contribution < -0.4 is 4.74 Å². The molecule has 0 N–H and O–H groups in total. The molecule has 0 aromatic carbocycles. The fourth-order valence-corrected chi connectivity index (χ4v) is 1.99. The van der Waals surface area contributed by atoms with Gasteiger partial charge < -0.3 is 4.74 Å². The topological polar surface area (TPSA) is 22.1 Å². The van der Waals surface area contributed by atoms with Gasteiger partial charge in [-0.05, 0) is 40.8 Å². The number of aromatic nitrogens is 1. The fraction of sp³-hybridized carbons (Fsp3) is 0.444. The average molecular weight is 228 g/mol. The van der Waals surface area contributed by atoms with Gasteiger partial charge in [-0.15, -0.1) is 0 Å². The van der Waals surface area contributed by atoms with Crippen LogP contribution >= 0.6 is 15.9 Å². The maximum absolute atomic E-state index is 5.26. The Kier molecular flexibility index (Phi) is 2.05. The summed E-state index contributed by atoms with van der Waals surface area (Å²) >= 11 is 3.44. The van der Waals surface area contributed by atoms with Crippen LogP contribution in [0.3, 0.4) is 0 Å². The van der Waals surface area contributed by atoms with Crippen molar-refractivity contribution in [1.82, 2.24) is 4.98 Å². The quantitative estimate of drug-likeness (QED) is 0.726. The lowest BCUT2D eigenvalue weighted by Gasteiger charge is -2.07. The molecule has 2 nitrogen and oxygen atoms in total. The van der Waals surface area contributed by atoms with Crippen LogP contribution in [0.2, 0.25) is 0 Å². The van der Waals surface area contributed by atoms with Crippen molar-refractivity contribution in [2.24, 2.45) is 0 Å². The van der Waals surface area contributed by atoms with Gasteiger partial charge in [0.25, 0.3) is 0 Å². The van der Waals surface area contributed by atoms with Crippen LogP contribution in [0.25, 0.3) is 0 Å². The number of ether oxygens (including phenoxy) is 1. The summed E-state index contributed by atoms with van der Waals surface area (Å²) in [5.41, 5.74) is 1.24. The van der Waals surface area contributed by atoms with Gasteiger partial charge in [-0.25, -0.2) is 4.98 Å². The van der Waals surface area contributed by atoms with Crippen molar-refractivity contribution in [3.63, 3.8) is 0 Å². The van der Waals surface area contributed by atoms with Crippen molar-refractivity contribution in [3.05, 3.63) is 22.4 Å². The van der Waals surface area contributed by atoms with E-state index in [0.717, 1.165) is 10.4 Å². The van der Waals surface area contributed by atoms with E-state index in [9.17, 15) is 0 Å². The molecule has 1 aliphatic carbocycles. The van der Waals surface area contributed by atoms with Crippen molar-refractivity contribution in [3.8, 4) is 5.75 Å². The molecule has 0 bridgehead atoms. The van der Waals surface area contributed by atoms with Gasteiger partial charge in [0.05, 0.1) is 7.11 Å². The molecule has 2 rings (SSSR count). The first-order valence-corrected chi connectivity index (χ1v) is 4.80. The van der Waals surface area contributed by atoms with E-state index < -0.39 is 0 Å².